The summed E-state index contributed by atoms with van der Waals surface area (Å²) in [7, 11) is 0. The first-order chi connectivity index (χ1) is 15.7. The minimum Gasteiger partial charge on any atom is -0.485 e. The summed E-state index contributed by atoms with van der Waals surface area (Å²) in [6.45, 7) is 1.58. The molecule has 0 N–H and O–H groups in total. The topological polar surface area (TPSA) is 96.2 Å². The van der Waals surface area contributed by atoms with Gasteiger partial charge in [0, 0.05) is 18.7 Å². The minimum absolute atomic E-state index is 0.0280. The molecule has 2 unspecified atom stereocenters. The molecule has 1 aromatic heterocycles. The quantitative estimate of drug-likeness (QED) is 0.620. The summed E-state index contributed by atoms with van der Waals surface area (Å²) in [5.74, 6) is 3.45. The van der Waals surface area contributed by atoms with E-state index in [1.54, 1.807) is 4.90 Å². The summed E-state index contributed by atoms with van der Waals surface area (Å²) in [5, 5.41) is 8.47. The molecular weight excluding hydrogens is 414 g/mol. The van der Waals surface area contributed by atoms with E-state index in [9.17, 15) is 4.79 Å². The van der Waals surface area contributed by atoms with Crippen LogP contribution in [0.2, 0.25) is 0 Å². The maximum absolute atomic E-state index is 13.1. The third-order valence-electron chi connectivity index (χ3n) is 5.93. The van der Waals surface area contributed by atoms with E-state index in [4.69, 9.17) is 23.4 Å². The van der Waals surface area contributed by atoms with Gasteiger partial charge in [0.25, 0.3) is 5.91 Å². The van der Waals surface area contributed by atoms with Gasteiger partial charge >= 0.3 is 0 Å². The highest BCUT2D eigenvalue weighted by atomic mass is 16.7. The van der Waals surface area contributed by atoms with Crippen LogP contribution in [0.25, 0.3) is 11.5 Å². The van der Waals surface area contributed by atoms with Crippen LogP contribution in [0.3, 0.4) is 0 Å². The van der Waals surface area contributed by atoms with Crippen molar-refractivity contribution in [1.29, 1.82) is 0 Å². The number of amides is 1. The molecule has 2 aromatic carbocycles. The van der Waals surface area contributed by atoms with Crippen molar-refractivity contribution >= 4 is 5.91 Å². The molecule has 9 nitrogen and oxygen atoms in total. The number of nitrogens with zero attached hydrogens (tertiary/aromatic N) is 3. The third-order valence-corrected chi connectivity index (χ3v) is 5.93. The average Bonchev–Trinajstić information content (AvgIpc) is 3.53. The zero-order valence-electron chi connectivity index (χ0n) is 17.2. The first kappa shape index (κ1) is 19.0. The highest BCUT2D eigenvalue weighted by molar-refractivity contribution is 5.82. The molecule has 0 radical (unpaired) electrons. The summed E-state index contributed by atoms with van der Waals surface area (Å²) in [4.78, 5) is 14.9. The highest BCUT2D eigenvalue weighted by Crippen LogP contribution is 2.37. The Morgan fingerprint density at radius 2 is 1.81 bits per heavy atom. The Labute approximate surface area is 183 Å². The Morgan fingerprint density at radius 1 is 0.969 bits per heavy atom. The maximum Gasteiger partial charge on any atom is 0.267 e. The van der Waals surface area contributed by atoms with Gasteiger partial charge in [-0.15, -0.1) is 10.2 Å². The Hall–Kier alpha value is -3.75. The standard InChI is InChI=1S/C23H21N3O6/c27-23(20-12-28-16-5-1-2-6-18(16)31-20)26-9-3-4-15(11-26)22-25-24-21(32-22)14-7-8-17-19(10-14)30-13-29-17/h1-2,5-8,10,15,20H,3-4,9,11-13H2. The molecule has 3 aliphatic heterocycles. The van der Waals surface area contributed by atoms with E-state index >= 15 is 0 Å². The molecule has 9 heteroatoms. The third kappa shape index (κ3) is 3.39. The van der Waals surface area contributed by atoms with Crippen molar-refractivity contribution in [2.45, 2.75) is 24.9 Å². The Bertz CT molecular complexity index is 1160. The number of carbonyl (C=O) groups is 1. The van der Waals surface area contributed by atoms with Gasteiger partial charge in [0.1, 0.15) is 6.61 Å². The minimum atomic E-state index is -0.657. The highest BCUT2D eigenvalue weighted by Gasteiger charge is 2.35. The van der Waals surface area contributed by atoms with E-state index in [1.807, 2.05) is 42.5 Å². The van der Waals surface area contributed by atoms with Crippen molar-refractivity contribution in [1.82, 2.24) is 15.1 Å². The lowest BCUT2D eigenvalue weighted by molar-refractivity contribution is -0.142. The van der Waals surface area contributed by atoms with Crippen LogP contribution in [0.15, 0.2) is 46.9 Å². The summed E-state index contributed by atoms with van der Waals surface area (Å²) in [6, 6.07) is 12.9. The fraction of sp³-hybridized carbons (Fsp3) is 0.348. The molecule has 1 amide bonds. The molecule has 32 heavy (non-hydrogen) atoms. The molecule has 0 spiro atoms. The lowest BCUT2D eigenvalue weighted by Gasteiger charge is -2.35. The molecule has 164 valence electrons. The molecule has 0 aliphatic carbocycles. The van der Waals surface area contributed by atoms with Crippen molar-refractivity contribution in [2.75, 3.05) is 26.5 Å². The molecule has 2 atom stereocenters. The number of piperidine rings is 1. The van der Waals surface area contributed by atoms with Crippen molar-refractivity contribution in [3.8, 4) is 34.5 Å². The molecule has 0 saturated carbocycles. The lowest BCUT2D eigenvalue weighted by Crippen LogP contribution is -2.49. The fourth-order valence-corrected chi connectivity index (χ4v) is 4.27. The Kier molecular flexibility index (Phi) is 4.59. The molecular formula is C23H21N3O6. The second-order valence-corrected chi connectivity index (χ2v) is 8.00. The SMILES string of the molecule is O=C(C1COc2ccccc2O1)N1CCCC(c2nnc(-c3ccc4c(c3)OCO4)o2)C1. The van der Waals surface area contributed by atoms with Crippen LogP contribution < -0.4 is 18.9 Å². The summed E-state index contributed by atoms with van der Waals surface area (Å²) in [5.41, 5.74) is 0.767. The molecule has 0 bridgehead atoms. The van der Waals surface area contributed by atoms with Crippen LogP contribution in [-0.2, 0) is 4.79 Å². The number of ether oxygens (including phenoxy) is 4. The molecule has 3 aliphatic rings. The number of hydrogen-bond acceptors (Lipinski definition) is 8. The van der Waals surface area contributed by atoms with Gasteiger partial charge in [0.2, 0.25) is 24.7 Å². The summed E-state index contributed by atoms with van der Waals surface area (Å²) < 4.78 is 28.4. The van der Waals surface area contributed by atoms with Gasteiger partial charge in [-0.1, -0.05) is 12.1 Å². The van der Waals surface area contributed by atoms with Crippen LogP contribution in [0.4, 0.5) is 0 Å². The molecule has 6 rings (SSSR count). The van der Waals surface area contributed by atoms with E-state index in [1.165, 1.54) is 0 Å². The number of para-hydroxylation sites is 2. The van der Waals surface area contributed by atoms with Gasteiger partial charge < -0.3 is 28.3 Å². The number of likely N-dealkylation sites (tertiary alicyclic amines) is 1. The number of rotatable bonds is 3. The van der Waals surface area contributed by atoms with Gasteiger partial charge in [-0.05, 0) is 43.2 Å². The number of benzene rings is 2. The average molecular weight is 435 g/mol. The number of aromatic nitrogens is 2. The first-order valence-electron chi connectivity index (χ1n) is 10.7. The van der Waals surface area contributed by atoms with Gasteiger partial charge in [-0.3, -0.25) is 4.79 Å². The maximum atomic E-state index is 13.1. The van der Waals surface area contributed by atoms with Gasteiger partial charge in [0.05, 0.1) is 5.92 Å². The van der Waals surface area contributed by atoms with Crippen LogP contribution in [0.1, 0.15) is 24.7 Å². The van der Waals surface area contributed by atoms with E-state index in [0.29, 0.717) is 47.9 Å². The largest absolute Gasteiger partial charge is 0.485 e. The van der Waals surface area contributed by atoms with E-state index in [-0.39, 0.29) is 25.2 Å². The van der Waals surface area contributed by atoms with Crippen molar-refractivity contribution in [2.24, 2.45) is 0 Å². The monoisotopic (exact) mass is 435 g/mol. The zero-order valence-corrected chi connectivity index (χ0v) is 17.2. The molecule has 1 fully saturated rings. The molecule has 1 saturated heterocycles. The number of fused-ring (bicyclic) bond motifs is 2. The summed E-state index contributed by atoms with van der Waals surface area (Å²) in [6.07, 6.45) is 1.07. The van der Waals surface area contributed by atoms with Crippen molar-refractivity contribution in [3.05, 3.63) is 48.4 Å². The van der Waals surface area contributed by atoms with Crippen LogP contribution >= 0.6 is 0 Å². The Balaban J connectivity index is 1.15. The predicted molar refractivity (Wildman–Crippen MR) is 111 cm³/mol. The van der Waals surface area contributed by atoms with E-state index < -0.39 is 6.10 Å². The summed E-state index contributed by atoms with van der Waals surface area (Å²) >= 11 is 0. The number of hydrogen-bond donors (Lipinski definition) is 0. The second kappa shape index (κ2) is 7.74. The smallest absolute Gasteiger partial charge is 0.267 e. The van der Waals surface area contributed by atoms with Gasteiger partial charge in [-0.2, -0.15) is 0 Å². The molecule has 3 aromatic rings. The van der Waals surface area contributed by atoms with Gasteiger partial charge in [0.15, 0.2) is 23.0 Å². The van der Waals surface area contributed by atoms with Crippen LogP contribution in [0, 0.1) is 0 Å². The van der Waals surface area contributed by atoms with Crippen molar-refractivity contribution in [3.63, 3.8) is 0 Å². The number of carbonyl (C=O) groups excluding carboxylic acids is 1. The molecule has 4 heterocycles. The fourth-order valence-electron chi connectivity index (χ4n) is 4.27. The zero-order chi connectivity index (χ0) is 21.5. The van der Waals surface area contributed by atoms with E-state index in [2.05, 4.69) is 10.2 Å². The van der Waals surface area contributed by atoms with Crippen LogP contribution in [-0.4, -0.2) is 53.6 Å². The normalized spacial score (nSPS) is 21.4. The second-order valence-electron chi connectivity index (χ2n) is 8.00. The predicted octanol–water partition coefficient (Wildman–Crippen LogP) is 3.01. The van der Waals surface area contributed by atoms with Gasteiger partial charge in [-0.25, -0.2) is 0 Å². The Morgan fingerprint density at radius 3 is 2.75 bits per heavy atom. The first-order valence-corrected chi connectivity index (χ1v) is 10.7. The van der Waals surface area contributed by atoms with Crippen molar-refractivity contribution < 1.29 is 28.2 Å². The van der Waals surface area contributed by atoms with E-state index in [0.717, 1.165) is 18.4 Å². The lowest BCUT2D eigenvalue weighted by atomic mass is 9.97. The van der Waals surface area contributed by atoms with Crippen LogP contribution in [0.5, 0.6) is 23.0 Å².